The zero-order valence-corrected chi connectivity index (χ0v) is 31.2. The molecule has 1 aromatic heterocycles. The minimum Gasteiger partial charge on any atom is -0.491 e. The lowest BCUT2D eigenvalue weighted by Crippen LogP contribution is -2.59. The Balaban J connectivity index is 1.35. The molecule has 14 nitrogen and oxygen atoms in total. The fraction of sp³-hybridized carbons (Fsp3) is 0.595. The van der Waals surface area contributed by atoms with Gasteiger partial charge in [-0.1, -0.05) is 32.4 Å². The number of fused-ring (bicyclic) bond motifs is 3. The van der Waals surface area contributed by atoms with Gasteiger partial charge in [-0.2, -0.15) is 0 Å². The number of pyridine rings is 1. The van der Waals surface area contributed by atoms with Crippen LogP contribution in [0.2, 0.25) is 0 Å². The van der Waals surface area contributed by atoms with Crippen LogP contribution < -0.4 is 24.8 Å². The molecule has 0 bridgehead atoms. The summed E-state index contributed by atoms with van der Waals surface area (Å²) in [5.74, 6) is -3.47. The molecule has 0 unspecified atom stereocenters. The fourth-order valence-corrected chi connectivity index (χ4v) is 8.93. The SMILES string of the molecule is CCOc1cc2ccnc(O[C@@H]3C[C@H]4C(=O)N[C@]5(C(=O)NS(=O)(=O)C6(C)CC6)C[C@H]5C=CCC[C@H](C)C[C@@H](CC)[C@H](NC(=O)O)C(=O)N4C3)c2cc1F. The molecule has 7 atom stereocenters. The van der Waals surface area contributed by atoms with E-state index in [2.05, 4.69) is 20.3 Å². The number of hydrogen-bond donors (Lipinski definition) is 4. The third kappa shape index (κ3) is 7.78. The third-order valence-corrected chi connectivity index (χ3v) is 13.4. The number of nitrogens with one attached hydrogen (secondary N) is 3. The van der Waals surface area contributed by atoms with Crippen LogP contribution in [0.3, 0.4) is 0 Å². The predicted octanol–water partition coefficient (Wildman–Crippen LogP) is 4.03. The maximum absolute atomic E-state index is 15.0. The molecule has 0 radical (unpaired) electrons. The van der Waals surface area contributed by atoms with Crippen LogP contribution in [0.15, 0.2) is 36.5 Å². The molecule has 2 saturated carbocycles. The molecule has 4 amide bonds. The number of ether oxygens (including phenoxy) is 2. The summed E-state index contributed by atoms with van der Waals surface area (Å²) in [5, 5.41) is 16.0. The van der Waals surface area contributed by atoms with Crippen LogP contribution in [0.5, 0.6) is 11.6 Å². The molecule has 1 aromatic carbocycles. The van der Waals surface area contributed by atoms with Crippen molar-refractivity contribution in [3.05, 3.63) is 42.4 Å². The standard InChI is InChI=1S/C37H48FN5O9S/c1-5-22-15-21(3)9-7-8-10-24-19-37(24,34(46)42-53(49,50)36(4)12-13-36)41-31(44)28-17-25(20-43(28)33(45)30(22)40-35(47)48)52-32-26-18-27(38)29(51-6-2)16-23(26)11-14-39-32/h8,10-11,14,16,18,21-22,24-25,28,30,40H,5-7,9,12-13,15,17,19-20H2,1-4H3,(H,41,44)(H,42,46)(H,47,48)/t21-,22+,24+,25+,28-,30-,37+/m0/s1. The number of amides is 4. The molecule has 2 aromatic rings. The van der Waals surface area contributed by atoms with Gasteiger partial charge in [-0.25, -0.2) is 22.6 Å². The zero-order chi connectivity index (χ0) is 38.3. The first-order valence-electron chi connectivity index (χ1n) is 18.3. The minimum atomic E-state index is -4.03. The van der Waals surface area contributed by atoms with Gasteiger partial charge in [0.1, 0.15) is 23.7 Å². The van der Waals surface area contributed by atoms with Crippen molar-refractivity contribution in [2.75, 3.05) is 13.2 Å². The number of benzene rings is 1. The van der Waals surface area contributed by atoms with Gasteiger partial charge in [0.15, 0.2) is 11.6 Å². The molecule has 53 heavy (non-hydrogen) atoms. The molecular weight excluding hydrogens is 709 g/mol. The predicted molar refractivity (Wildman–Crippen MR) is 192 cm³/mol. The molecule has 2 aliphatic heterocycles. The molecule has 4 N–H and O–H groups in total. The Morgan fingerprint density at radius 1 is 1.19 bits per heavy atom. The maximum atomic E-state index is 15.0. The minimum absolute atomic E-state index is 0.0625. The zero-order valence-electron chi connectivity index (χ0n) is 30.4. The van der Waals surface area contributed by atoms with E-state index in [0.717, 1.165) is 6.42 Å². The highest BCUT2D eigenvalue weighted by atomic mass is 32.2. The molecule has 0 spiro atoms. The second kappa shape index (κ2) is 14.7. The summed E-state index contributed by atoms with van der Waals surface area (Å²) in [6.45, 7) is 7.32. The van der Waals surface area contributed by atoms with E-state index in [1.807, 2.05) is 26.0 Å². The first kappa shape index (κ1) is 38.3. The van der Waals surface area contributed by atoms with Crippen molar-refractivity contribution in [1.82, 2.24) is 25.2 Å². The highest BCUT2D eigenvalue weighted by molar-refractivity contribution is 7.91. The van der Waals surface area contributed by atoms with E-state index >= 15 is 0 Å². The molecule has 3 fully saturated rings. The topological polar surface area (TPSA) is 193 Å². The van der Waals surface area contributed by atoms with Crippen LogP contribution in [0, 0.1) is 23.6 Å². The van der Waals surface area contributed by atoms with E-state index in [1.165, 1.54) is 23.2 Å². The van der Waals surface area contributed by atoms with Crippen molar-refractivity contribution in [2.24, 2.45) is 17.8 Å². The normalized spacial score (nSPS) is 29.9. The van der Waals surface area contributed by atoms with Crippen LogP contribution >= 0.6 is 0 Å². The number of sulfonamides is 1. The van der Waals surface area contributed by atoms with Crippen LogP contribution in [0.4, 0.5) is 9.18 Å². The first-order chi connectivity index (χ1) is 25.1. The van der Waals surface area contributed by atoms with E-state index < -0.39 is 80.0 Å². The van der Waals surface area contributed by atoms with Crippen molar-refractivity contribution in [2.45, 2.75) is 108 Å². The average Bonchev–Trinajstić information content (AvgIpc) is 3.98. The van der Waals surface area contributed by atoms with Gasteiger partial charge in [-0.3, -0.25) is 19.1 Å². The number of carbonyl (C=O) groups excluding carboxylic acids is 3. The van der Waals surface area contributed by atoms with E-state index in [1.54, 1.807) is 19.9 Å². The van der Waals surface area contributed by atoms with Crippen LogP contribution in [0.25, 0.3) is 10.8 Å². The summed E-state index contributed by atoms with van der Waals surface area (Å²) in [6.07, 6.45) is 6.26. The summed E-state index contributed by atoms with van der Waals surface area (Å²) in [4.78, 5) is 60.3. The Bertz CT molecular complexity index is 1920. The molecule has 4 aliphatic rings. The largest absolute Gasteiger partial charge is 0.491 e. The van der Waals surface area contributed by atoms with E-state index in [0.29, 0.717) is 42.9 Å². The molecule has 16 heteroatoms. The Labute approximate surface area is 308 Å². The van der Waals surface area contributed by atoms with Gasteiger partial charge in [-0.05, 0) is 87.8 Å². The number of carbonyl (C=O) groups is 4. The molecule has 3 heterocycles. The van der Waals surface area contributed by atoms with E-state index in [-0.39, 0.29) is 43.5 Å². The summed E-state index contributed by atoms with van der Waals surface area (Å²) in [5.41, 5.74) is -1.58. The van der Waals surface area contributed by atoms with Gasteiger partial charge in [0.25, 0.3) is 5.91 Å². The first-order valence-corrected chi connectivity index (χ1v) is 19.8. The Kier molecular flexibility index (Phi) is 10.6. The summed E-state index contributed by atoms with van der Waals surface area (Å²) in [7, 11) is -4.03. The molecule has 6 rings (SSSR count). The summed E-state index contributed by atoms with van der Waals surface area (Å²) in [6, 6.07) is 2.03. The quantitative estimate of drug-likeness (QED) is 0.272. The smallest absolute Gasteiger partial charge is 0.405 e. The van der Waals surface area contributed by atoms with E-state index in [4.69, 9.17) is 9.47 Å². The van der Waals surface area contributed by atoms with Gasteiger partial charge in [0.2, 0.25) is 27.7 Å². The Morgan fingerprint density at radius 2 is 1.94 bits per heavy atom. The number of rotatable bonds is 9. The number of aromatic nitrogens is 1. The molecule has 2 aliphatic carbocycles. The number of hydrogen-bond acceptors (Lipinski definition) is 9. The maximum Gasteiger partial charge on any atom is 0.405 e. The van der Waals surface area contributed by atoms with Gasteiger partial charge in [0.05, 0.1) is 17.9 Å². The third-order valence-electron chi connectivity index (χ3n) is 11.2. The van der Waals surface area contributed by atoms with Crippen molar-refractivity contribution in [1.29, 1.82) is 0 Å². The lowest BCUT2D eigenvalue weighted by molar-refractivity contribution is -0.142. The molecular formula is C37H48FN5O9S. The highest BCUT2D eigenvalue weighted by Crippen LogP contribution is 2.47. The van der Waals surface area contributed by atoms with Crippen molar-refractivity contribution >= 4 is 44.6 Å². The lowest BCUT2D eigenvalue weighted by Gasteiger charge is -2.33. The van der Waals surface area contributed by atoms with Gasteiger partial charge in [-0.15, -0.1) is 0 Å². The Morgan fingerprint density at radius 3 is 2.62 bits per heavy atom. The second-order valence-corrected chi connectivity index (χ2v) is 17.3. The monoisotopic (exact) mass is 757 g/mol. The molecule has 288 valence electrons. The van der Waals surface area contributed by atoms with Crippen molar-refractivity contribution in [3.8, 4) is 11.6 Å². The van der Waals surface area contributed by atoms with E-state index in [9.17, 15) is 37.1 Å². The fourth-order valence-electron chi connectivity index (χ4n) is 7.61. The molecule has 1 saturated heterocycles. The number of allylic oxidation sites excluding steroid dienone is 1. The van der Waals surface area contributed by atoms with Crippen LogP contribution in [-0.2, 0) is 24.4 Å². The van der Waals surface area contributed by atoms with Crippen LogP contribution in [0.1, 0.15) is 79.1 Å². The second-order valence-electron chi connectivity index (χ2n) is 15.1. The number of carboxylic acid groups (broad SMARTS) is 1. The van der Waals surface area contributed by atoms with Gasteiger partial charge >= 0.3 is 6.09 Å². The number of nitrogens with zero attached hydrogens (tertiary/aromatic N) is 2. The summed E-state index contributed by atoms with van der Waals surface area (Å²) < 4.78 is 54.0. The van der Waals surface area contributed by atoms with Gasteiger partial charge < -0.3 is 30.1 Å². The van der Waals surface area contributed by atoms with Crippen molar-refractivity contribution in [3.63, 3.8) is 0 Å². The van der Waals surface area contributed by atoms with Crippen molar-refractivity contribution < 1.29 is 46.6 Å². The average molecular weight is 758 g/mol. The number of halogens is 1. The highest BCUT2D eigenvalue weighted by Gasteiger charge is 2.63. The Hall–Kier alpha value is -4.47. The van der Waals surface area contributed by atoms with Crippen LogP contribution in [-0.4, -0.2) is 88.8 Å². The summed E-state index contributed by atoms with van der Waals surface area (Å²) >= 11 is 0. The van der Waals surface area contributed by atoms with Gasteiger partial charge in [0, 0.05) is 23.9 Å². The lowest BCUT2D eigenvalue weighted by atomic mass is 9.85.